The van der Waals surface area contributed by atoms with Crippen LogP contribution in [-0.2, 0) is 12.8 Å². The summed E-state index contributed by atoms with van der Waals surface area (Å²) in [5, 5.41) is 0. The Labute approximate surface area is 260 Å². The van der Waals surface area contributed by atoms with Gasteiger partial charge in [0.15, 0.2) is 0 Å². The topological polar surface area (TPSA) is 25.8 Å². The minimum Gasteiger partial charge on any atom is -0.172 e. The highest BCUT2D eigenvalue weighted by molar-refractivity contribution is 7.00. The second kappa shape index (κ2) is 13.9. The fourth-order valence-corrected chi connectivity index (χ4v) is 6.48. The predicted octanol–water partition coefficient (Wildman–Crippen LogP) is 11.8. The molecule has 43 heavy (non-hydrogen) atoms. The van der Waals surface area contributed by atoms with E-state index in [2.05, 4.69) is 123 Å². The lowest BCUT2D eigenvalue weighted by Gasteiger charge is -2.10. The van der Waals surface area contributed by atoms with Crippen LogP contribution in [0.1, 0.15) is 63.5 Å². The van der Waals surface area contributed by atoms with Crippen LogP contribution in [0.4, 0.5) is 0 Å². The third-order valence-corrected chi connectivity index (χ3v) is 9.05. The number of hydrogen-bond acceptors (Lipinski definition) is 3. The summed E-state index contributed by atoms with van der Waals surface area (Å²) in [6, 6.07) is 40.2. The van der Waals surface area contributed by atoms with E-state index in [1.807, 2.05) is 0 Å². The first-order valence-corrected chi connectivity index (χ1v) is 16.6. The Kier molecular flexibility index (Phi) is 9.40. The first kappa shape index (κ1) is 29.0. The highest BCUT2D eigenvalue weighted by atomic mass is 32.1. The van der Waals surface area contributed by atoms with E-state index in [0.29, 0.717) is 0 Å². The van der Waals surface area contributed by atoms with E-state index < -0.39 is 0 Å². The molecule has 6 rings (SSSR count). The van der Waals surface area contributed by atoms with Crippen LogP contribution in [0.3, 0.4) is 0 Å². The summed E-state index contributed by atoms with van der Waals surface area (Å²) in [7, 11) is 0. The van der Waals surface area contributed by atoms with Crippen LogP contribution in [0.25, 0.3) is 55.5 Å². The molecule has 6 aromatic rings. The van der Waals surface area contributed by atoms with Crippen molar-refractivity contribution in [3.8, 4) is 44.5 Å². The lowest BCUT2D eigenvalue weighted by atomic mass is 9.95. The highest BCUT2D eigenvalue weighted by Crippen LogP contribution is 2.36. The maximum absolute atomic E-state index is 4.73. The molecule has 0 radical (unpaired) electrons. The first-order chi connectivity index (χ1) is 21.2. The van der Waals surface area contributed by atoms with E-state index in [9.17, 15) is 0 Å². The first-order valence-electron chi connectivity index (χ1n) is 15.9. The fourth-order valence-electron chi connectivity index (χ4n) is 5.90. The number of nitrogens with zero attached hydrogens (tertiary/aromatic N) is 2. The summed E-state index contributed by atoms with van der Waals surface area (Å²) in [5.41, 5.74) is 14.4. The van der Waals surface area contributed by atoms with Crippen molar-refractivity contribution >= 4 is 22.8 Å². The van der Waals surface area contributed by atoms with Crippen molar-refractivity contribution < 1.29 is 0 Å². The molecule has 2 nitrogen and oxygen atoms in total. The van der Waals surface area contributed by atoms with E-state index in [1.165, 1.54) is 83.6 Å². The van der Waals surface area contributed by atoms with Gasteiger partial charge in [0.05, 0.1) is 11.7 Å². The smallest absolute Gasteiger partial charge is 0.113 e. The average molecular weight is 581 g/mol. The third kappa shape index (κ3) is 6.78. The monoisotopic (exact) mass is 580 g/mol. The molecule has 3 heteroatoms. The second-order valence-electron chi connectivity index (χ2n) is 11.6. The van der Waals surface area contributed by atoms with Gasteiger partial charge in [-0.2, -0.15) is 8.75 Å². The zero-order valence-electron chi connectivity index (χ0n) is 25.4. The molecule has 5 aromatic carbocycles. The van der Waals surface area contributed by atoms with Gasteiger partial charge in [-0.05, 0) is 70.2 Å². The van der Waals surface area contributed by atoms with Gasteiger partial charge < -0.3 is 0 Å². The number of aromatic nitrogens is 2. The van der Waals surface area contributed by atoms with Crippen LogP contribution < -0.4 is 0 Å². The number of aryl methyl sites for hydroxylation is 2. The van der Waals surface area contributed by atoms with Crippen molar-refractivity contribution in [1.29, 1.82) is 0 Å². The molecule has 0 saturated heterocycles. The van der Waals surface area contributed by atoms with Crippen molar-refractivity contribution in [3.63, 3.8) is 0 Å². The van der Waals surface area contributed by atoms with Crippen molar-refractivity contribution in [2.24, 2.45) is 0 Å². The number of unbranched alkanes of at least 4 members (excludes halogenated alkanes) is 4. The van der Waals surface area contributed by atoms with Crippen LogP contribution in [0, 0.1) is 0 Å². The van der Waals surface area contributed by atoms with Crippen molar-refractivity contribution in [1.82, 2.24) is 8.75 Å². The molecule has 0 bridgehead atoms. The number of rotatable bonds is 12. The lowest BCUT2D eigenvalue weighted by molar-refractivity contribution is 0.717. The molecule has 0 aliphatic carbocycles. The van der Waals surface area contributed by atoms with Gasteiger partial charge in [-0.3, -0.25) is 0 Å². The normalized spacial score (nSPS) is 11.3. The van der Waals surface area contributed by atoms with E-state index >= 15 is 0 Å². The minimum atomic E-state index is 0.967. The van der Waals surface area contributed by atoms with Crippen molar-refractivity contribution in [2.75, 3.05) is 0 Å². The van der Waals surface area contributed by atoms with Gasteiger partial charge >= 0.3 is 0 Å². The Morgan fingerprint density at radius 2 is 0.721 bits per heavy atom. The van der Waals surface area contributed by atoms with Gasteiger partial charge in [-0.1, -0.05) is 149 Å². The van der Waals surface area contributed by atoms with Gasteiger partial charge in [0.1, 0.15) is 11.0 Å². The van der Waals surface area contributed by atoms with Gasteiger partial charge in [-0.25, -0.2) is 0 Å². The Hall–Kier alpha value is -4.08. The molecular weight excluding hydrogens is 541 g/mol. The molecule has 0 spiro atoms. The Morgan fingerprint density at radius 1 is 0.395 bits per heavy atom. The quantitative estimate of drug-likeness (QED) is 0.135. The zero-order chi connectivity index (χ0) is 29.4. The lowest BCUT2D eigenvalue weighted by Crippen LogP contribution is -1.88. The summed E-state index contributed by atoms with van der Waals surface area (Å²) in [5.74, 6) is 0. The van der Waals surface area contributed by atoms with Crippen LogP contribution in [0.5, 0.6) is 0 Å². The van der Waals surface area contributed by atoms with Crippen LogP contribution in [0.2, 0.25) is 0 Å². The minimum absolute atomic E-state index is 0.967. The standard InChI is InChI=1S/C40H40N2S/c1-3-5-7-9-29-11-15-31(16-12-29)33-19-23-35(24-20-33)37-27-28-38(40-39(37)41-43-42-40)36-25-21-34(22-26-36)32-17-13-30(14-18-32)10-8-6-4-2/h11-28H,3-10H2,1-2H3. The van der Waals surface area contributed by atoms with Crippen molar-refractivity contribution in [2.45, 2.75) is 65.2 Å². The van der Waals surface area contributed by atoms with Crippen LogP contribution in [-0.4, -0.2) is 8.75 Å². The van der Waals surface area contributed by atoms with Crippen LogP contribution >= 0.6 is 11.7 Å². The summed E-state index contributed by atoms with van der Waals surface area (Å²) in [6.07, 6.45) is 9.98. The zero-order valence-corrected chi connectivity index (χ0v) is 26.2. The molecule has 1 aromatic heterocycles. The number of fused-ring (bicyclic) bond motifs is 1. The van der Waals surface area contributed by atoms with E-state index in [-0.39, 0.29) is 0 Å². The summed E-state index contributed by atoms with van der Waals surface area (Å²) in [6.45, 7) is 4.51. The van der Waals surface area contributed by atoms with E-state index in [1.54, 1.807) is 0 Å². The summed E-state index contributed by atoms with van der Waals surface area (Å²) < 4.78 is 9.47. The molecule has 0 saturated carbocycles. The molecule has 1 heterocycles. The maximum Gasteiger partial charge on any atom is 0.113 e. The van der Waals surface area contributed by atoms with E-state index in [4.69, 9.17) is 8.75 Å². The van der Waals surface area contributed by atoms with Gasteiger partial charge in [0.2, 0.25) is 0 Å². The molecule has 0 amide bonds. The Morgan fingerprint density at radius 3 is 1.07 bits per heavy atom. The fraction of sp³-hybridized carbons (Fsp3) is 0.250. The average Bonchev–Trinajstić information content (AvgIpc) is 3.56. The molecule has 0 atom stereocenters. The Bertz CT molecular complexity index is 1620. The van der Waals surface area contributed by atoms with Gasteiger partial charge in [-0.15, -0.1) is 0 Å². The maximum atomic E-state index is 4.73. The number of hydrogen-bond donors (Lipinski definition) is 0. The molecule has 0 aliphatic heterocycles. The SMILES string of the molecule is CCCCCc1ccc(-c2ccc(-c3ccc(-c4ccc(-c5ccc(CCCCC)cc5)cc4)c4nsnc34)cc2)cc1. The Balaban J connectivity index is 1.19. The van der Waals surface area contributed by atoms with Crippen LogP contribution in [0.15, 0.2) is 109 Å². The predicted molar refractivity (Wildman–Crippen MR) is 186 cm³/mol. The third-order valence-electron chi connectivity index (χ3n) is 8.52. The van der Waals surface area contributed by atoms with Gasteiger partial charge in [0, 0.05) is 11.1 Å². The highest BCUT2D eigenvalue weighted by Gasteiger charge is 2.14. The molecule has 216 valence electrons. The van der Waals surface area contributed by atoms with Gasteiger partial charge in [0.25, 0.3) is 0 Å². The molecule has 0 aliphatic rings. The molecular formula is C40H40N2S. The molecule has 0 unspecified atom stereocenters. The summed E-state index contributed by atoms with van der Waals surface area (Å²) in [4.78, 5) is 0. The van der Waals surface area contributed by atoms with Crippen molar-refractivity contribution in [3.05, 3.63) is 120 Å². The second-order valence-corrected chi connectivity index (χ2v) is 12.1. The molecule has 0 fully saturated rings. The number of benzene rings is 5. The van der Waals surface area contributed by atoms with E-state index in [0.717, 1.165) is 46.1 Å². The largest absolute Gasteiger partial charge is 0.172 e. The summed E-state index contributed by atoms with van der Waals surface area (Å²) >= 11 is 1.29. The molecule has 0 N–H and O–H groups in total.